The molecular weight excluding hydrogens is 420 g/mol. The van der Waals surface area contributed by atoms with Gasteiger partial charge < -0.3 is 29.8 Å². The molecule has 0 aliphatic carbocycles. The van der Waals surface area contributed by atoms with E-state index in [9.17, 15) is 4.79 Å². The molecule has 1 saturated heterocycles. The summed E-state index contributed by atoms with van der Waals surface area (Å²) in [5, 5.41) is 6.48. The topological polar surface area (TPSA) is 102 Å². The molecule has 1 unspecified atom stereocenters. The highest BCUT2D eigenvalue weighted by Gasteiger charge is 2.23. The molecule has 2 N–H and O–H groups in total. The monoisotopic (exact) mass is 444 g/mol. The van der Waals surface area contributed by atoms with Gasteiger partial charge >= 0.3 is 0 Å². The molecule has 0 bridgehead atoms. The Balaban J connectivity index is 1.51. The third-order valence-corrected chi connectivity index (χ3v) is 5.67. The van der Waals surface area contributed by atoms with Crippen molar-refractivity contribution in [3.63, 3.8) is 0 Å². The first-order valence-electron chi connectivity index (χ1n) is 10.7. The zero-order chi connectivity index (χ0) is 22.6. The Bertz CT molecular complexity index is 1180. The molecule has 9 nitrogen and oxygen atoms in total. The van der Waals surface area contributed by atoms with Gasteiger partial charge in [-0.05, 0) is 48.2 Å². The maximum atomic E-state index is 11.8. The second-order valence-electron chi connectivity index (χ2n) is 7.69. The van der Waals surface area contributed by atoms with Crippen LogP contribution in [0.3, 0.4) is 0 Å². The van der Waals surface area contributed by atoms with Crippen molar-refractivity contribution in [1.29, 1.82) is 0 Å². The summed E-state index contributed by atoms with van der Waals surface area (Å²) in [5.41, 5.74) is 4.89. The molecule has 0 spiro atoms. The zero-order valence-electron chi connectivity index (χ0n) is 18.2. The Morgan fingerprint density at radius 2 is 1.97 bits per heavy atom. The average Bonchev–Trinajstić information content (AvgIpc) is 2.89. The molecule has 0 saturated carbocycles. The molecule has 1 aromatic carbocycles. The quantitative estimate of drug-likeness (QED) is 0.556. The number of aldehydes is 1. The van der Waals surface area contributed by atoms with E-state index in [1.54, 1.807) is 25.7 Å². The lowest BCUT2D eigenvalue weighted by molar-refractivity contribution is -0.109. The molecule has 5 rings (SSSR count). The highest BCUT2D eigenvalue weighted by Crippen LogP contribution is 2.34. The van der Waals surface area contributed by atoms with Crippen molar-refractivity contribution in [2.45, 2.75) is 6.04 Å². The van der Waals surface area contributed by atoms with Crippen LogP contribution in [0.2, 0.25) is 0 Å². The van der Waals surface area contributed by atoms with E-state index in [4.69, 9.17) is 14.5 Å². The molecule has 0 amide bonds. The van der Waals surface area contributed by atoms with Crippen molar-refractivity contribution in [2.75, 3.05) is 43.6 Å². The number of anilines is 3. The molecule has 33 heavy (non-hydrogen) atoms. The van der Waals surface area contributed by atoms with Gasteiger partial charge in [0.25, 0.3) is 0 Å². The third-order valence-electron chi connectivity index (χ3n) is 5.67. The number of methoxy groups -OCH3 is 1. The molecule has 3 aromatic rings. The van der Waals surface area contributed by atoms with Crippen LogP contribution in [0.1, 0.15) is 17.2 Å². The minimum Gasteiger partial charge on any atom is -0.480 e. The van der Waals surface area contributed by atoms with Crippen LogP contribution in [0.25, 0.3) is 17.5 Å². The van der Waals surface area contributed by atoms with Crippen LogP contribution in [0.5, 0.6) is 5.88 Å². The van der Waals surface area contributed by atoms with E-state index in [1.165, 1.54) is 0 Å². The zero-order valence-corrected chi connectivity index (χ0v) is 18.2. The maximum absolute atomic E-state index is 11.8. The summed E-state index contributed by atoms with van der Waals surface area (Å²) in [6.07, 6.45) is 7.75. The van der Waals surface area contributed by atoms with Gasteiger partial charge in [-0.1, -0.05) is 0 Å². The number of carbonyl (C=O) groups excluding carboxylic acids is 1. The molecule has 2 aromatic heterocycles. The molecule has 168 valence electrons. The first kappa shape index (κ1) is 20.9. The normalized spacial score (nSPS) is 17.1. The highest BCUT2D eigenvalue weighted by molar-refractivity contribution is 5.79. The Morgan fingerprint density at radius 1 is 1.15 bits per heavy atom. The number of nitrogens with one attached hydrogen (secondary N) is 2. The SMILES string of the molecule is COc1cncc(-c2cc3c(c(Nc4ccc(N5CCOCC5)cc4)n2)C(C=O)NC=C3)n1. The van der Waals surface area contributed by atoms with Crippen LogP contribution in [-0.4, -0.2) is 54.7 Å². The lowest BCUT2D eigenvalue weighted by Crippen LogP contribution is -2.36. The van der Waals surface area contributed by atoms with Crippen LogP contribution < -0.4 is 20.3 Å². The van der Waals surface area contributed by atoms with Gasteiger partial charge in [0.2, 0.25) is 5.88 Å². The Kier molecular flexibility index (Phi) is 5.86. The minimum absolute atomic E-state index is 0.406. The summed E-state index contributed by atoms with van der Waals surface area (Å²) in [6.45, 7) is 3.24. The van der Waals surface area contributed by atoms with Gasteiger partial charge in [-0.25, -0.2) is 9.97 Å². The Labute approximate surface area is 191 Å². The molecule has 9 heteroatoms. The van der Waals surface area contributed by atoms with Crippen molar-refractivity contribution in [3.05, 3.63) is 60.1 Å². The van der Waals surface area contributed by atoms with E-state index in [2.05, 4.69) is 37.6 Å². The fourth-order valence-corrected chi connectivity index (χ4v) is 3.98. The number of rotatable bonds is 6. The van der Waals surface area contributed by atoms with E-state index < -0.39 is 6.04 Å². The largest absolute Gasteiger partial charge is 0.480 e. The lowest BCUT2D eigenvalue weighted by atomic mass is 9.98. The summed E-state index contributed by atoms with van der Waals surface area (Å²) in [6, 6.07) is 9.58. The summed E-state index contributed by atoms with van der Waals surface area (Å²) >= 11 is 0. The second-order valence-corrected chi connectivity index (χ2v) is 7.69. The van der Waals surface area contributed by atoms with E-state index in [-0.39, 0.29) is 0 Å². The predicted octanol–water partition coefficient (Wildman–Crippen LogP) is 2.94. The van der Waals surface area contributed by atoms with Gasteiger partial charge in [0.05, 0.1) is 38.4 Å². The summed E-state index contributed by atoms with van der Waals surface area (Å²) in [7, 11) is 1.55. The highest BCUT2D eigenvalue weighted by atomic mass is 16.5. The smallest absolute Gasteiger partial charge is 0.232 e. The van der Waals surface area contributed by atoms with Gasteiger partial charge in [0.15, 0.2) is 0 Å². The number of nitrogens with zero attached hydrogens (tertiary/aromatic N) is 4. The number of ether oxygens (including phenoxy) is 2. The van der Waals surface area contributed by atoms with Crippen molar-refractivity contribution in [2.24, 2.45) is 0 Å². The fraction of sp³-hybridized carbons (Fsp3) is 0.250. The molecule has 2 aliphatic heterocycles. The third kappa shape index (κ3) is 4.35. The lowest BCUT2D eigenvalue weighted by Gasteiger charge is -2.29. The van der Waals surface area contributed by atoms with Crippen molar-refractivity contribution in [3.8, 4) is 17.3 Å². The van der Waals surface area contributed by atoms with Crippen LogP contribution in [0, 0.1) is 0 Å². The maximum Gasteiger partial charge on any atom is 0.232 e. The van der Waals surface area contributed by atoms with Gasteiger partial charge in [-0.2, -0.15) is 0 Å². The molecule has 4 heterocycles. The number of hydrogen-bond acceptors (Lipinski definition) is 9. The number of pyridine rings is 1. The number of aromatic nitrogens is 3. The van der Waals surface area contributed by atoms with Crippen molar-refractivity contribution >= 4 is 29.6 Å². The predicted molar refractivity (Wildman–Crippen MR) is 126 cm³/mol. The Hall–Kier alpha value is -3.98. The van der Waals surface area contributed by atoms with Gasteiger partial charge in [0.1, 0.15) is 23.8 Å². The summed E-state index contributed by atoms with van der Waals surface area (Å²) in [5.74, 6) is 0.989. The van der Waals surface area contributed by atoms with Gasteiger partial charge in [-0.15, -0.1) is 0 Å². The van der Waals surface area contributed by atoms with E-state index in [0.29, 0.717) is 23.1 Å². The van der Waals surface area contributed by atoms with Crippen LogP contribution in [0.4, 0.5) is 17.2 Å². The van der Waals surface area contributed by atoms with Gasteiger partial charge in [-0.3, -0.25) is 4.98 Å². The molecule has 0 radical (unpaired) electrons. The van der Waals surface area contributed by atoms with Gasteiger partial charge in [0, 0.05) is 30.0 Å². The number of benzene rings is 1. The first-order chi connectivity index (χ1) is 16.2. The number of fused-ring (bicyclic) bond motifs is 1. The first-order valence-corrected chi connectivity index (χ1v) is 10.7. The van der Waals surface area contributed by atoms with Crippen LogP contribution in [-0.2, 0) is 9.53 Å². The molecule has 2 aliphatic rings. The summed E-state index contributed by atoms with van der Waals surface area (Å²) in [4.78, 5) is 27.5. The molecule has 1 fully saturated rings. The Morgan fingerprint density at radius 3 is 2.73 bits per heavy atom. The number of morpholine rings is 1. The van der Waals surface area contributed by atoms with Crippen LogP contribution in [0.15, 0.2) is 48.9 Å². The molecular formula is C24H24N6O3. The molecule has 1 atom stereocenters. The minimum atomic E-state index is -0.502. The standard InChI is InChI=1S/C24H24N6O3/c1-32-22-14-25-13-20(28-22)19-12-16-6-7-26-21(15-31)23(16)24(29-19)27-17-2-4-18(5-3-17)30-8-10-33-11-9-30/h2-7,12-15,21,26H,8-11H2,1H3,(H,27,29). The average molecular weight is 444 g/mol. The summed E-state index contributed by atoms with van der Waals surface area (Å²) < 4.78 is 10.7. The van der Waals surface area contributed by atoms with Crippen LogP contribution >= 0.6 is 0 Å². The van der Waals surface area contributed by atoms with Crippen molar-refractivity contribution < 1.29 is 14.3 Å². The second kappa shape index (κ2) is 9.25. The van der Waals surface area contributed by atoms with E-state index in [1.807, 2.05) is 24.3 Å². The number of hydrogen-bond donors (Lipinski definition) is 2. The van der Waals surface area contributed by atoms with E-state index in [0.717, 1.165) is 55.1 Å². The fourth-order valence-electron chi connectivity index (χ4n) is 3.98. The van der Waals surface area contributed by atoms with Crippen molar-refractivity contribution in [1.82, 2.24) is 20.3 Å². The number of carbonyl (C=O) groups is 1. The van der Waals surface area contributed by atoms with E-state index >= 15 is 0 Å².